The van der Waals surface area contributed by atoms with Crippen LogP contribution in [0.4, 0.5) is 15.2 Å². The van der Waals surface area contributed by atoms with Crippen LogP contribution in [0, 0.1) is 29.0 Å². The Kier molecular flexibility index (Phi) is 6.65. The number of aromatic nitrogens is 1. The fourth-order valence-electron chi connectivity index (χ4n) is 6.07. The van der Waals surface area contributed by atoms with Crippen molar-refractivity contribution in [1.29, 1.82) is 0 Å². The number of carbonyl (C=O) groups is 1. The zero-order valence-electron chi connectivity index (χ0n) is 19.8. The number of aliphatic hydroxyl groups excluding tert-OH is 1. The summed E-state index contributed by atoms with van der Waals surface area (Å²) in [5, 5.41) is 15.7. The van der Waals surface area contributed by atoms with Crippen molar-refractivity contribution in [2.24, 2.45) is 23.2 Å². The summed E-state index contributed by atoms with van der Waals surface area (Å²) in [5.74, 6) is -0.381. The zero-order chi connectivity index (χ0) is 23.9. The molecule has 178 valence electrons. The first-order chi connectivity index (χ1) is 15.6. The molecule has 1 amide bonds. The average molecular weight is 472 g/mol. The molecule has 5 nitrogen and oxygen atoms in total. The van der Waals surface area contributed by atoms with Crippen LogP contribution >= 0.6 is 11.3 Å². The van der Waals surface area contributed by atoms with Crippen molar-refractivity contribution in [1.82, 2.24) is 9.88 Å². The Morgan fingerprint density at radius 1 is 1.45 bits per heavy atom. The molecule has 0 aliphatic heterocycles. The third kappa shape index (κ3) is 4.45. The van der Waals surface area contributed by atoms with E-state index in [1.54, 1.807) is 41.5 Å². The number of halogens is 1. The molecule has 0 radical (unpaired) electrons. The monoisotopic (exact) mass is 471 g/mol. The number of amides is 1. The van der Waals surface area contributed by atoms with Gasteiger partial charge in [0.25, 0.3) is 0 Å². The Balaban J connectivity index is 1.56. The van der Waals surface area contributed by atoms with Gasteiger partial charge in [0.2, 0.25) is 5.91 Å². The first-order valence-electron chi connectivity index (χ1n) is 11.7. The van der Waals surface area contributed by atoms with E-state index in [1.807, 2.05) is 6.92 Å². The van der Waals surface area contributed by atoms with Gasteiger partial charge in [-0.25, -0.2) is 9.37 Å². The number of thiazole rings is 1. The molecule has 2 N–H and O–H groups in total. The van der Waals surface area contributed by atoms with E-state index in [1.165, 1.54) is 17.0 Å². The van der Waals surface area contributed by atoms with Gasteiger partial charge in [0.15, 0.2) is 5.13 Å². The van der Waals surface area contributed by atoms with Crippen molar-refractivity contribution >= 4 is 28.1 Å². The Labute approximate surface area is 199 Å². The second-order valence-corrected chi connectivity index (χ2v) is 11.2. The highest BCUT2D eigenvalue weighted by atomic mass is 32.1. The molecule has 7 heteroatoms. The Morgan fingerprint density at radius 2 is 2.15 bits per heavy atom. The Morgan fingerprint density at radius 3 is 2.82 bits per heavy atom. The molecule has 1 aromatic heterocycles. The minimum atomic E-state index is -0.557. The largest absolute Gasteiger partial charge is 0.392 e. The molecule has 4 rings (SSSR count). The van der Waals surface area contributed by atoms with Gasteiger partial charge in [-0.3, -0.25) is 4.79 Å². The molecule has 2 aliphatic carbocycles. The summed E-state index contributed by atoms with van der Waals surface area (Å²) < 4.78 is 13.2. The lowest BCUT2D eigenvalue weighted by Gasteiger charge is -2.53. The van der Waals surface area contributed by atoms with Crippen molar-refractivity contribution in [3.05, 3.63) is 53.3 Å². The Hall–Kier alpha value is -2.25. The summed E-state index contributed by atoms with van der Waals surface area (Å²) >= 11 is 1.65. The lowest BCUT2D eigenvalue weighted by atomic mass is 9.53. The molecule has 2 aliphatic rings. The van der Waals surface area contributed by atoms with Crippen molar-refractivity contribution in [3.63, 3.8) is 0 Å². The maximum Gasteiger partial charge on any atom is 0.225 e. The molecule has 1 heterocycles. The standard InChI is InChI=1S/C26H34FN3O2S/c1-6-13-30(5)24(32)15(2)19-11-12-26(4)14-20-22(16(3)21(26)23(19)31)29-25(33-20)28-18-9-7-17(27)8-10-18/h6-10,15-16,19,21,23,31H,1,11-14H2,2-5H3,(H,28,29)/t15-,16+,19-,21+,23-,26+/m0/s1. The first kappa shape index (κ1) is 23.9. The van der Waals surface area contributed by atoms with Gasteiger partial charge in [-0.2, -0.15) is 0 Å². The third-order valence-corrected chi connectivity index (χ3v) is 8.82. The predicted molar refractivity (Wildman–Crippen MR) is 131 cm³/mol. The van der Waals surface area contributed by atoms with E-state index >= 15 is 0 Å². The van der Waals surface area contributed by atoms with E-state index in [-0.39, 0.29) is 40.8 Å². The maximum atomic E-state index is 13.2. The molecule has 0 spiro atoms. The average Bonchev–Trinajstić information content (AvgIpc) is 3.16. The van der Waals surface area contributed by atoms with Gasteiger partial charge in [0.1, 0.15) is 5.82 Å². The maximum absolute atomic E-state index is 13.2. The molecule has 1 aromatic carbocycles. The highest BCUT2D eigenvalue weighted by molar-refractivity contribution is 7.15. The number of nitrogens with one attached hydrogen (secondary N) is 1. The summed E-state index contributed by atoms with van der Waals surface area (Å²) in [7, 11) is 1.79. The van der Waals surface area contributed by atoms with Crippen LogP contribution < -0.4 is 5.32 Å². The van der Waals surface area contributed by atoms with Crippen LogP contribution in [-0.2, 0) is 11.2 Å². The van der Waals surface area contributed by atoms with E-state index < -0.39 is 6.10 Å². The van der Waals surface area contributed by atoms with Gasteiger partial charge in [-0.05, 0) is 60.8 Å². The van der Waals surface area contributed by atoms with Gasteiger partial charge in [-0.1, -0.05) is 26.8 Å². The smallest absolute Gasteiger partial charge is 0.225 e. The number of hydrogen-bond donors (Lipinski definition) is 2. The van der Waals surface area contributed by atoms with E-state index in [9.17, 15) is 14.3 Å². The van der Waals surface area contributed by atoms with Gasteiger partial charge in [-0.15, -0.1) is 17.9 Å². The lowest BCUT2D eigenvalue weighted by Crippen LogP contribution is -2.53. The van der Waals surface area contributed by atoms with Gasteiger partial charge in [0.05, 0.1) is 11.8 Å². The van der Waals surface area contributed by atoms with Crippen molar-refractivity contribution in [2.75, 3.05) is 18.9 Å². The van der Waals surface area contributed by atoms with Gasteiger partial charge >= 0.3 is 0 Å². The van der Waals surface area contributed by atoms with Crippen molar-refractivity contribution in [2.45, 2.75) is 52.1 Å². The molecule has 6 atom stereocenters. The summed E-state index contributed by atoms with van der Waals surface area (Å²) in [5.41, 5.74) is 1.81. The van der Waals surface area contributed by atoms with Crippen LogP contribution in [0.5, 0.6) is 0 Å². The van der Waals surface area contributed by atoms with E-state index in [4.69, 9.17) is 4.98 Å². The molecule has 0 unspecified atom stereocenters. The van der Waals surface area contributed by atoms with Gasteiger partial charge < -0.3 is 15.3 Å². The summed E-state index contributed by atoms with van der Waals surface area (Å²) in [6, 6.07) is 6.27. The second-order valence-electron chi connectivity index (χ2n) is 10.1. The van der Waals surface area contributed by atoms with Crippen molar-refractivity contribution < 1.29 is 14.3 Å². The molecular weight excluding hydrogens is 437 g/mol. The number of likely N-dealkylation sites (N-methyl/N-ethyl adjacent to an activating group) is 1. The Bertz CT molecular complexity index is 1020. The zero-order valence-corrected chi connectivity index (χ0v) is 20.7. The molecule has 0 saturated heterocycles. The van der Waals surface area contributed by atoms with E-state index in [0.29, 0.717) is 6.54 Å². The fourth-order valence-corrected chi connectivity index (χ4v) is 7.36. The molecule has 2 aromatic rings. The SMILES string of the molecule is C=CCN(C)C(=O)[C@@H](C)[C@@H]1CC[C@]2(C)Cc3sc(Nc4ccc(F)cc4)nc3[C@H](C)[C@@H]2[C@H]1O. The number of rotatable bonds is 6. The molecular formula is C26H34FN3O2S. The van der Waals surface area contributed by atoms with E-state index in [0.717, 1.165) is 35.8 Å². The minimum Gasteiger partial charge on any atom is -0.392 e. The highest BCUT2D eigenvalue weighted by Gasteiger charge is 2.54. The van der Waals surface area contributed by atoms with Crippen molar-refractivity contribution in [3.8, 4) is 0 Å². The number of hydrogen-bond acceptors (Lipinski definition) is 5. The second kappa shape index (κ2) is 9.18. The van der Waals surface area contributed by atoms with Crippen LogP contribution in [0.2, 0.25) is 0 Å². The quantitative estimate of drug-likeness (QED) is 0.557. The lowest BCUT2D eigenvalue weighted by molar-refractivity contribution is -0.143. The van der Waals surface area contributed by atoms with Crippen LogP contribution in [0.1, 0.15) is 50.1 Å². The number of nitrogens with zero attached hydrogens (tertiary/aromatic N) is 2. The minimum absolute atomic E-state index is 0.0300. The van der Waals surface area contributed by atoms with Crippen LogP contribution in [0.25, 0.3) is 0 Å². The number of fused-ring (bicyclic) bond motifs is 2. The third-order valence-electron chi connectivity index (χ3n) is 7.83. The summed E-state index contributed by atoms with van der Waals surface area (Å²) in [6.45, 7) is 10.6. The fraction of sp³-hybridized carbons (Fsp3) is 0.538. The topological polar surface area (TPSA) is 65.5 Å². The summed E-state index contributed by atoms with van der Waals surface area (Å²) in [4.78, 5) is 20.7. The van der Waals surface area contributed by atoms with Crippen LogP contribution in [-0.4, -0.2) is 40.6 Å². The molecule has 1 saturated carbocycles. The summed E-state index contributed by atoms with van der Waals surface area (Å²) in [6.07, 6.45) is 3.86. The number of anilines is 2. The molecule has 1 fully saturated rings. The number of benzene rings is 1. The molecule has 33 heavy (non-hydrogen) atoms. The van der Waals surface area contributed by atoms with Crippen LogP contribution in [0.3, 0.4) is 0 Å². The van der Waals surface area contributed by atoms with Crippen LogP contribution in [0.15, 0.2) is 36.9 Å². The number of aliphatic hydroxyl groups is 1. The number of carbonyl (C=O) groups excluding carboxylic acids is 1. The predicted octanol–water partition coefficient (Wildman–Crippen LogP) is 5.36. The first-order valence-corrected chi connectivity index (χ1v) is 12.5. The molecule has 0 bridgehead atoms. The normalized spacial score (nSPS) is 29.5. The van der Waals surface area contributed by atoms with Gasteiger partial charge in [0, 0.05) is 36.0 Å². The van der Waals surface area contributed by atoms with E-state index in [2.05, 4.69) is 25.7 Å². The highest BCUT2D eigenvalue weighted by Crippen LogP contribution is 2.57.